The average Bonchev–Trinajstić information content (AvgIpc) is 2.19. The second kappa shape index (κ2) is 8.16. The lowest BCUT2D eigenvalue weighted by Crippen LogP contribution is -2.49. The first-order valence-corrected chi connectivity index (χ1v) is 7.62. The molecule has 0 fully saturated rings. The number of rotatable bonds is 8. The minimum absolute atomic E-state index is 0.267. The molecule has 18 heavy (non-hydrogen) atoms. The molecule has 0 aliphatic carbocycles. The van der Waals surface area contributed by atoms with Crippen LogP contribution in [-0.4, -0.2) is 30.6 Å². The first kappa shape index (κ1) is 17.9. The van der Waals surface area contributed by atoms with Gasteiger partial charge in [0.2, 0.25) is 0 Å². The first-order valence-electron chi connectivity index (χ1n) is 7.62. The Bertz CT molecular complexity index is 192. The molecule has 2 nitrogen and oxygen atoms in total. The maximum atomic E-state index is 6.03. The molecular weight excluding hydrogens is 220 g/mol. The van der Waals surface area contributed by atoms with E-state index >= 15 is 0 Å². The smallest absolute Gasteiger partial charge is 0.0266 e. The Morgan fingerprint density at radius 3 is 1.50 bits per heavy atom. The zero-order chi connectivity index (χ0) is 14.3. The molecule has 0 amide bonds. The van der Waals surface area contributed by atoms with Crippen LogP contribution < -0.4 is 5.73 Å². The molecule has 1 unspecified atom stereocenters. The maximum absolute atomic E-state index is 6.03. The topological polar surface area (TPSA) is 29.3 Å². The van der Waals surface area contributed by atoms with Crippen molar-refractivity contribution in [3.8, 4) is 0 Å². The van der Waals surface area contributed by atoms with Gasteiger partial charge >= 0.3 is 0 Å². The Kier molecular flexibility index (Phi) is 8.13. The number of hydrogen-bond donors (Lipinski definition) is 1. The van der Waals surface area contributed by atoms with Crippen molar-refractivity contribution in [3.05, 3.63) is 0 Å². The van der Waals surface area contributed by atoms with Gasteiger partial charge in [-0.2, -0.15) is 0 Å². The van der Waals surface area contributed by atoms with E-state index in [1.807, 2.05) is 0 Å². The SMILES string of the molecule is CC(C)CCN(CCC(C)C)C(CN)C(C)(C)C. The fourth-order valence-corrected chi connectivity index (χ4v) is 2.32. The van der Waals surface area contributed by atoms with Gasteiger partial charge in [0, 0.05) is 12.6 Å². The summed E-state index contributed by atoms with van der Waals surface area (Å²) in [4.78, 5) is 2.62. The molecule has 0 aromatic carbocycles. The van der Waals surface area contributed by atoms with E-state index in [0.29, 0.717) is 6.04 Å². The van der Waals surface area contributed by atoms with E-state index in [1.54, 1.807) is 0 Å². The van der Waals surface area contributed by atoms with E-state index in [0.717, 1.165) is 18.4 Å². The van der Waals surface area contributed by atoms with Crippen LogP contribution in [0.4, 0.5) is 0 Å². The normalized spacial score (nSPS) is 14.8. The van der Waals surface area contributed by atoms with E-state index in [1.165, 1.54) is 25.9 Å². The second-order valence-electron chi connectivity index (χ2n) is 7.52. The van der Waals surface area contributed by atoms with E-state index in [9.17, 15) is 0 Å². The monoisotopic (exact) mass is 256 g/mol. The summed E-state index contributed by atoms with van der Waals surface area (Å²) in [6.07, 6.45) is 2.54. The second-order valence-corrected chi connectivity index (χ2v) is 7.52. The van der Waals surface area contributed by atoms with Crippen molar-refractivity contribution in [3.63, 3.8) is 0 Å². The first-order chi connectivity index (χ1) is 8.18. The Hall–Kier alpha value is -0.0800. The molecule has 110 valence electrons. The molecule has 0 saturated carbocycles. The lowest BCUT2D eigenvalue weighted by Gasteiger charge is -2.40. The largest absolute Gasteiger partial charge is 0.329 e. The van der Waals surface area contributed by atoms with Gasteiger partial charge in [-0.05, 0) is 43.2 Å². The summed E-state index contributed by atoms with van der Waals surface area (Å²) in [7, 11) is 0. The van der Waals surface area contributed by atoms with Crippen molar-refractivity contribution in [2.75, 3.05) is 19.6 Å². The summed E-state index contributed by atoms with van der Waals surface area (Å²) in [5, 5.41) is 0. The van der Waals surface area contributed by atoms with Crippen LogP contribution in [0.5, 0.6) is 0 Å². The summed E-state index contributed by atoms with van der Waals surface area (Å²) in [5.74, 6) is 1.54. The van der Waals surface area contributed by atoms with Crippen LogP contribution in [0.25, 0.3) is 0 Å². The van der Waals surface area contributed by atoms with Crippen molar-refractivity contribution >= 4 is 0 Å². The fourth-order valence-electron chi connectivity index (χ4n) is 2.32. The number of nitrogens with zero attached hydrogens (tertiary/aromatic N) is 1. The molecule has 0 radical (unpaired) electrons. The van der Waals surface area contributed by atoms with Crippen LogP contribution >= 0.6 is 0 Å². The molecule has 0 rings (SSSR count). The van der Waals surface area contributed by atoms with Gasteiger partial charge in [-0.15, -0.1) is 0 Å². The van der Waals surface area contributed by atoms with Gasteiger partial charge in [0.15, 0.2) is 0 Å². The van der Waals surface area contributed by atoms with Gasteiger partial charge in [-0.1, -0.05) is 48.5 Å². The molecule has 0 aromatic heterocycles. The molecule has 0 spiro atoms. The van der Waals surface area contributed by atoms with Crippen LogP contribution in [0.15, 0.2) is 0 Å². The third-order valence-corrected chi connectivity index (χ3v) is 3.65. The summed E-state index contributed by atoms with van der Waals surface area (Å²) >= 11 is 0. The Labute approximate surface area is 115 Å². The fraction of sp³-hybridized carbons (Fsp3) is 1.00. The predicted octanol–water partition coefficient (Wildman–Crippen LogP) is 3.75. The van der Waals surface area contributed by atoms with Gasteiger partial charge in [0.1, 0.15) is 0 Å². The lowest BCUT2D eigenvalue weighted by molar-refractivity contribution is 0.0945. The molecular formula is C16H36N2. The molecule has 0 aliphatic heterocycles. The predicted molar refractivity (Wildman–Crippen MR) is 82.8 cm³/mol. The van der Waals surface area contributed by atoms with Crippen LogP contribution in [0.3, 0.4) is 0 Å². The molecule has 0 heterocycles. The Balaban J connectivity index is 4.59. The highest BCUT2D eigenvalue weighted by Gasteiger charge is 2.28. The zero-order valence-corrected chi connectivity index (χ0v) is 13.8. The van der Waals surface area contributed by atoms with Crippen LogP contribution in [0.2, 0.25) is 0 Å². The van der Waals surface area contributed by atoms with E-state index < -0.39 is 0 Å². The van der Waals surface area contributed by atoms with Crippen molar-refractivity contribution in [2.24, 2.45) is 23.0 Å². The number of hydrogen-bond acceptors (Lipinski definition) is 2. The third kappa shape index (κ3) is 7.38. The van der Waals surface area contributed by atoms with Gasteiger partial charge < -0.3 is 5.73 Å². The number of nitrogens with two attached hydrogens (primary N) is 1. The summed E-state index contributed by atoms with van der Waals surface area (Å²) in [6, 6.07) is 0.495. The molecule has 2 N–H and O–H groups in total. The summed E-state index contributed by atoms with van der Waals surface area (Å²) in [5.41, 5.74) is 6.30. The molecule has 0 aliphatic rings. The van der Waals surface area contributed by atoms with Crippen molar-refractivity contribution < 1.29 is 0 Å². The molecule has 0 bridgehead atoms. The molecule has 0 saturated heterocycles. The zero-order valence-electron chi connectivity index (χ0n) is 13.8. The van der Waals surface area contributed by atoms with Crippen molar-refractivity contribution in [1.29, 1.82) is 0 Å². The third-order valence-electron chi connectivity index (χ3n) is 3.65. The van der Waals surface area contributed by atoms with Gasteiger partial charge in [0.25, 0.3) is 0 Å². The van der Waals surface area contributed by atoms with Crippen molar-refractivity contribution in [1.82, 2.24) is 4.90 Å². The Morgan fingerprint density at radius 2 is 1.28 bits per heavy atom. The van der Waals surface area contributed by atoms with E-state index in [2.05, 4.69) is 53.4 Å². The molecule has 2 heteroatoms. The van der Waals surface area contributed by atoms with E-state index in [4.69, 9.17) is 5.73 Å². The maximum Gasteiger partial charge on any atom is 0.0266 e. The highest BCUT2D eigenvalue weighted by atomic mass is 15.2. The highest BCUT2D eigenvalue weighted by Crippen LogP contribution is 2.25. The van der Waals surface area contributed by atoms with Crippen LogP contribution in [-0.2, 0) is 0 Å². The summed E-state index contributed by atoms with van der Waals surface area (Å²) < 4.78 is 0. The Morgan fingerprint density at radius 1 is 0.889 bits per heavy atom. The quantitative estimate of drug-likeness (QED) is 0.716. The lowest BCUT2D eigenvalue weighted by atomic mass is 9.85. The van der Waals surface area contributed by atoms with Gasteiger partial charge in [-0.25, -0.2) is 0 Å². The van der Waals surface area contributed by atoms with Crippen LogP contribution in [0.1, 0.15) is 61.3 Å². The minimum atomic E-state index is 0.267. The highest BCUT2D eigenvalue weighted by molar-refractivity contribution is 4.84. The minimum Gasteiger partial charge on any atom is -0.329 e. The molecule has 1 atom stereocenters. The molecule has 0 aromatic rings. The average molecular weight is 256 g/mol. The standard InChI is InChI=1S/C16H36N2/c1-13(2)8-10-18(11-9-14(3)4)15(12-17)16(5,6)7/h13-15H,8-12,17H2,1-7H3. The van der Waals surface area contributed by atoms with Crippen molar-refractivity contribution in [2.45, 2.75) is 67.3 Å². The van der Waals surface area contributed by atoms with E-state index in [-0.39, 0.29) is 5.41 Å². The van der Waals surface area contributed by atoms with Crippen LogP contribution in [0, 0.1) is 17.3 Å². The van der Waals surface area contributed by atoms with Gasteiger partial charge in [0.05, 0.1) is 0 Å². The summed E-state index contributed by atoms with van der Waals surface area (Å²) in [6.45, 7) is 19.3. The van der Waals surface area contributed by atoms with Gasteiger partial charge in [-0.3, -0.25) is 4.90 Å².